The summed E-state index contributed by atoms with van der Waals surface area (Å²) in [7, 11) is 0. The number of hydrogen-bond acceptors (Lipinski definition) is 5. The maximum atomic E-state index is 6.20. The zero-order valence-electron chi connectivity index (χ0n) is 15.8. The number of nitrogens with zero attached hydrogens (tertiary/aromatic N) is 3. The third kappa shape index (κ3) is 4.52. The summed E-state index contributed by atoms with van der Waals surface area (Å²) < 4.78 is 5.52. The normalized spacial score (nSPS) is 11.1. The van der Waals surface area contributed by atoms with Crippen LogP contribution in [0, 0.1) is 0 Å². The lowest BCUT2D eigenvalue weighted by Gasteiger charge is -2.09. The van der Waals surface area contributed by atoms with Gasteiger partial charge in [-0.05, 0) is 42.8 Å². The number of nitrogens with one attached hydrogen (secondary N) is 1. The molecule has 0 fully saturated rings. The first-order valence-corrected chi connectivity index (χ1v) is 9.65. The molecule has 4 aromatic rings. The van der Waals surface area contributed by atoms with Crippen molar-refractivity contribution in [2.75, 3.05) is 12.0 Å². The van der Waals surface area contributed by atoms with Crippen LogP contribution < -0.4 is 10.2 Å². The molecule has 6 heteroatoms. The van der Waals surface area contributed by atoms with E-state index in [1.807, 2.05) is 79.7 Å². The highest BCUT2D eigenvalue weighted by atomic mass is 35.5. The second kappa shape index (κ2) is 8.71. The predicted molar refractivity (Wildman–Crippen MR) is 119 cm³/mol. The number of benzene rings is 3. The van der Waals surface area contributed by atoms with Crippen molar-refractivity contribution in [1.82, 2.24) is 9.97 Å². The largest absolute Gasteiger partial charge is 0.494 e. The van der Waals surface area contributed by atoms with Gasteiger partial charge in [0.1, 0.15) is 5.75 Å². The Bertz CT molecular complexity index is 1160. The number of aromatic nitrogens is 2. The molecule has 1 N–H and O–H groups in total. The lowest BCUT2D eigenvalue weighted by atomic mass is 10.1. The van der Waals surface area contributed by atoms with Crippen LogP contribution in [0.4, 0.5) is 5.95 Å². The molecule has 0 aliphatic carbocycles. The minimum atomic E-state index is 0.413. The van der Waals surface area contributed by atoms with E-state index in [1.165, 1.54) is 0 Å². The molecule has 0 bridgehead atoms. The van der Waals surface area contributed by atoms with Gasteiger partial charge in [0.25, 0.3) is 0 Å². The highest BCUT2D eigenvalue weighted by Gasteiger charge is 2.10. The summed E-state index contributed by atoms with van der Waals surface area (Å²) in [4.78, 5) is 9.23. The molecule has 0 aliphatic rings. The van der Waals surface area contributed by atoms with Crippen molar-refractivity contribution >= 4 is 34.7 Å². The molecule has 0 unspecified atom stereocenters. The van der Waals surface area contributed by atoms with Crippen LogP contribution in [-0.4, -0.2) is 22.8 Å². The van der Waals surface area contributed by atoms with E-state index in [0.717, 1.165) is 33.5 Å². The Morgan fingerprint density at radius 3 is 2.69 bits per heavy atom. The molecule has 0 radical (unpaired) electrons. The van der Waals surface area contributed by atoms with Crippen LogP contribution in [0.2, 0.25) is 5.02 Å². The third-order valence-electron chi connectivity index (χ3n) is 4.25. The van der Waals surface area contributed by atoms with Gasteiger partial charge in [0.2, 0.25) is 5.95 Å². The van der Waals surface area contributed by atoms with Crippen molar-refractivity contribution < 1.29 is 4.74 Å². The number of hydrogen-bond donors (Lipinski definition) is 1. The summed E-state index contributed by atoms with van der Waals surface area (Å²) in [6, 6.07) is 23.2. The monoisotopic (exact) mass is 402 g/mol. The topological polar surface area (TPSA) is 59.4 Å². The fraction of sp³-hybridized carbons (Fsp3) is 0.0870. The second-order valence-corrected chi connectivity index (χ2v) is 6.74. The van der Waals surface area contributed by atoms with Crippen LogP contribution in [0.5, 0.6) is 5.75 Å². The fourth-order valence-electron chi connectivity index (χ4n) is 2.98. The van der Waals surface area contributed by atoms with Gasteiger partial charge in [0.15, 0.2) is 0 Å². The SMILES string of the molecule is CCOc1cccc(C=NNc2nc(-c3ccccc3)c3cc(Cl)ccc3n2)c1. The number of ether oxygens (including phenoxy) is 1. The molecule has 0 atom stereocenters. The van der Waals surface area contributed by atoms with E-state index < -0.39 is 0 Å². The van der Waals surface area contributed by atoms with Gasteiger partial charge < -0.3 is 4.74 Å². The van der Waals surface area contributed by atoms with Crippen LogP contribution in [0.25, 0.3) is 22.2 Å². The number of rotatable bonds is 6. The van der Waals surface area contributed by atoms with Gasteiger partial charge in [-0.1, -0.05) is 54.1 Å². The molecule has 1 aromatic heterocycles. The second-order valence-electron chi connectivity index (χ2n) is 6.30. The van der Waals surface area contributed by atoms with E-state index in [9.17, 15) is 0 Å². The lowest BCUT2D eigenvalue weighted by Crippen LogP contribution is -2.00. The Morgan fingerprint density at radius 2 is 1.86 bits per heavy atom. The van der Waals surface area contributed by atoms with Gasteiger partial charge in [-0.25, -0.2) is 15.4 Å². The summed E-state index contributed by atoms with van der Waals surface area (Å²) in [6.07, 6.45) is 1.71. The summed E-state index contributed by atoms with van der Waals surface area (Å²) >= 11 is 6.20. The zero-order chi connectivity index (χ0) is 20.1. The molecule has 0 saturated carbocycles. The molecule has 0 saturated heterocycles. The maximum absolute atomic E-state index is 6.20. The van der Waals surface area contributed by atoms with Crippen molar-refractivity contribution in [1.29, 1.82) is 0 Å². The highest BCUT2D eigenvalue weighted by Crippen LogP contribution is 2.29. The number of fused-ring (bicyclic) bond motifs is 1. The summed E-state index contributed by atoms with van der Waals surface area (Å²) in [6.45, 7) is 2.58. The van der Waals surface area contributed by atoms with Gasteiger partial charge in [-0.3, -0.25) is 0 Å². The fourth-order valence-corrected chi connectivity index (χ4v) is 3.15. The molecule has 3 aromatic carbocycles. The quantitative estimate of drug-likeness (QED) is 0.327. The lowest BCUT2D eigenvalue weighted by molar-refractivity contribution is 0.340. The molecule has 29 heavy (non-hydrogen) atoms. The standard InChI is InChI=1S/C23H19ClN4O/c1-2-29-19-10-6-7-16(13-19)15-25-28-23-26-21-12-11-18(24)14-20(21)22(27-23)17-8-4-3-5-9-17/h3-15H,2H2,1H3,(H,26,27,28). The minimum absolute atomic E-state index is 0.413. The van der Waals surface area contributed by atoms with Gasteiger partial charge in [0.05, 0.1) is 24.0 Å². The molecule has 4 rings (SSSR count). The van der Waals surface area contributed by atoms with E-state index >= 15 is 0 Å². The highest BCUT2D eigenvalue weighted by molar-refractivity contribution is 6.31. The van der Waals surface area contributed by atoms with Crippen molar-refractivity contribution in [2.24, 2.45) is 5.10 Å². The van der Waals surface area contributed by atoms with Gasteiger partial charge in [-0.2, -0.15) is 5.10 Å². The third-order valence-corrected chi connectivity index (χ3v) is 4.49. The molecule has 0 amide bonds. The Kier molecular flexibility index (Phi) is 5.68. The molecule has 0 spiro atoms. The summed E-state index contributed by atoms with van der Waals surface area (Å²) in [5, 5.41) is 5.83. The van der Waals surface area contributed by atoms with E-state index in [2.05, 4.69) is 20.5 Å². The Hall–Kier alpha value is -3.44. The van der Waals surface area contributed by atoms with Crippen LogP contribution in [0.15, 0.2) is 77.9 Å². The summed E-state index contributed by atoms with van der Waals surface area (Å²) in [5.41, 5.74) is 6.43. The van der Waals surface area contributed by atoms with Crippen LogP contribution in [0.3, 0.4) is 0 Å². The molecule has 1 heterocycles. The Morgan fingerprint density at radius 1 is 1.00 bits per heavy atom. The van der Waals surface area contributed by atoms with Crippen LogP contribution >= 0.6 is 11.6 Å². The molecular weight excluding hydrogens is 384 g/mol. The number of hydrazone groups is 1. The van der Waals surface area contributed by atoms with Gasteiger partial charge in [0, 0.05) is 16.0 Å². The first-order valence-electron chi connectivity index (χ1n) is 9.27. The summed E-state index contributed by atoms with van der Waals surface area (Å²) in [5.74, 6) is 1.22. The maximum Gasteiger partial charge on any atom is 0.244 e. The minimum Gasteiger partial charge on any atom is -0.494 e. The number of anilines is 1. The smallest absolute Gasteiger partial charge is 0.244 e. The van der Waals surface area contributed by atoms with E-state index in [4.69, 9.17) is 16.3 Å². The van der Waals surface area contributed by atoms with Crippen molar-refractivity contribution in [2.45, 2.75) is 6.92 Å². The van der Waals surface area contributed by atoms with Crippen molar-refractivity contribution in [3.63, 3.8) is 0 Å². The molecule has 0 aliphatic heterocycles. The first kappa shape index (κ1) is 18.9. The van der Waals surface area contributed by atoms with Gasteiger partial charge in [-0.15, -0.1) is 0 Å². The predicted octanol–water partition coefficient (Wildman–Crippen LogP) is 5.79. The van der Waals surface area contributed by atoms with Crippen LogP contribution in [0.1, 0.15) is 12.5 Å². The van der Waals surface area contributed by atoms with Gasteiger partial charge >= 0.3 is 0 Å². The van der Waals surface area contributed by atoms with E-state index in [1.54, 1.807) is 6.21 Å². The average Bonchev–Trinajstić information content (AvgIpc) is 2.75. The van der Waals surface area contributed by atoms with Crippen molar-refractivity contribution in [3.8, 4) is 17.0 Å². The average molecular weight is 403 g/mol. The van der Waals surface area contributed by atoms with E-state index in [0.29, 0.717) is 17.6 Å². The molecule has 144 valence electrons. The zero-order valence-corrected chi connectivity index (χ0v) is 16.6. The Balaban J connectivity index is 1.66. The Labute approximate surface area is 174 Å². The molecule has 5 nitrogen and oxygen atoms in total. The number of halogens is 1. The molecular formula is C23H19ClN4O. The first-order chi connectivity index (χ1) is 14.2. The van der Waals surface area contributed by atoms with Crippen LogP contribution in [-0.2, 0) is 0 Å². The van der Waals surface area contributed by atoms with Crippen molar-refractivity contribution in [3.05, 3.63) is 83.4 Å². The van der Waals surface area contributed by atoms with E-state index in [-0.39, 0.29) is 0 Å².